The molecule has 0 heterocycles. The number of aliphatic imine (C=N–C) groups is 1. The molecule has 0 bridgehead atoms. The van der Waals surface area contributed by atoms with Gasteiger partial charge in [-0.2, -0.15) is 0 Å². The predicted octanol–water partition coefficient (Wildman–Crippen LogP) is 5.82. The Bertz CT molecular complexity index is 1470. The molecule has 4 aromatic carbocycles. The molecule has 6 heteroatoms. The number of fused-ring (bicyclic) bond motifs is 1. The fraction of sp³-hybridized carbons (Fsp3) is 0.212. The van der Waals surface area contributed by atoms with Gasteiger partial charge in [-0.1, -0.05) is 60.7 Å². The second-order valence-corrected chi connectivity index (χ2v) is 9.77. The van der Waals surface area contributed by atoms with Gasteiger partial charge in [-0.05, 0) is 77.6 Å². The second kappa shape index (κ2) is 12.0. The van der Waals surface area contributed by atoms with E-state index >= 15 is 0 Å². The van der Waals surface area contributed by atoms with Crippen LogP contribution in [0.2, 0.25) is 0 Å². The third-order valence-electron chi connectivity index (χ3n) is 7.04. The number of carbonyl (C=O) groups is 1. The van der Waals surface area contributed by atoms with Crippen LogP contribution in [0.3, 0.4) is 0 Å². The van der Waals surface area contributed by atoms with Crippen molar-refractivity contribution in [1.29, 1.82) is 0 Å². The van der Waals surface area contributed by atoms with Gasteiger partial charge in [0.05, 0.1) is 25.1 Å². The molecule has 0 fully saturated rings. The molecule has 5 rings (SSSR count). The monoisotopic (exact) mass is 519 g/mol. The summed E-state index contributed by atoms with van der Waals surface area (Å²) in [5, 5.41) is 17.2. The van der Waals surface area contributed by atoms with Crippen LogP contribution in [0.15, 0.2) is 102 Å². The molecule has 0 radical (unpaired) electrons. The Morgan fingerprint density at radius 1 is 0.949 bits per heavy atom. The molecule has 0 aliphatic heterocycles. The van der Waals surface area contributed by atoms with Gasteiger partial charge in [0.2, 0.25) is 0 Å². The molecular weight excluding hydrogens is 486 g/mol. The van der Waals surface area contributed by atoms with Crippen molar-refractivity contribution in [2.75, 3.05) is 19.0 Å². The SMILES string of the molecule is COc1cccc(CCN=C(C)Nc2ccc3c(c2)[C@@H](NC(=O)c2ccc(-c4ccccc4)cc2)[C@H](O)C3)c1. The number of hydrogen-bond acceptors (Lipinski definition) is 4. The summed E-state index contributed by atoms with van der Waals surface area (Å²) in [4.78, 5) is 17.7. The van der Waals surface area contributed by atoms with Crippen LogP contribution in [0.25, 0.3) is 11.1 Å². The molecule has 1 aliphatic carbocycles. The Balaban J connectivity index is 1.23. The zero-order chi connectivity index (χ0) is 27.2. The number of rotatable bonds is 8. The summed E-state index contributed by atoms with van der Waals surface area (Å²) in [6.07, 6.45) is 0.633. The Morgan fingerprint density at radius 3 is 2.49 bits per heavy atom. The van der Waals surface area contributed by atoms with Crippen molar-refractivity contribution in [1.82, 2.24) is 5.32 Å². The van der Waals surface area contributed by atoms with Crippen molar-refractivity contribution >= 4 is 17.4 Å². The number of methoxy groups -OCH3 is 1. The molecule has 3 N–H and O–H groups in total. The third-order valence-corrected chi connectivity index (χ3v) is 7.04. The minimum Gasteiger partial charge on any atom is -0.497 e. The van der Waals surface area contributed by atoms with E-state index in [0.29, 0.717) is 18.5 Å². The molecule has 4 aromatic rings. The molecular formula is C33H33N3O3. The van der Waals surface area contributed by atoms with Gasteiger partial charge in [0.15, 0.2) is 0 Å². The van der Waals surface area contributed by atoms with Crippen LogP contribution in [0, 0.1) is 0 Å². The fourth-order valence-electron chi connectivity index (χ4n) is 4.97. The maximum atomic E-state index is 13.1. The molecule has 0 saturated carbocycles. The van der Waals surface area contributed by atoms with E-state index in [4.69, 9.17) is 4.74 Å². The van der Waals surface area contributed by atoms with E-state index in [1.54, 1.807) is 7.11 Å². The maximum absolute atomic E-state index is 13.1. The average molecular weight is 520 g/mol. The number of amidine groups is 1. The number of benzene rings is 4. The highest BCUT2D eigenvalue weighted by Crippen LogP contribution is 2.34. The number of carbonyl (C=O) groups excluding carboxylic acids is 1. The standard InChI is InChI=1S/C33H33N3O3/c1-22(34-18-17-23-7-6-10-29(19-23)39-2)35-28-16-15-27-20-31(37)32(30(27)21-28)36-33(38)26-13-11-25(12-14-26)24-8-4-3-5-9-24/h3-16,19,21,31-32,37H,17-18,20H2,1-2H3,(H,34,35)(H,36,38)/t31-,32-/m1/s1. The first-order chi connectivity index (χ1) is 19.0. The molecule has 6 nitrogen and oxygen atoms in total. The Hall–Kier alpha value is -4.42. The van der Waals surface area contributed by atoms with Crippen molar-refractivity contribution in [2.24, 2.45) is 4.99 Å². The summed E-state index contributed by atoms with van der Waals surface area (Å²) in [7, 11) is 1.67. The number of amides is 1. The molecule has 2 atom stereocenters. The van der Waals surface area contributed by atoms with Gasteiger partial charge in [0, 0.05) is 24.2 Å². The lowest BCUT2D eigenvalue weighted by molar-refractivity contribution is 0.0858. The van der Waals surface area contributed by atoms with Gasteiger partial charge in [0.25, 0.3) is 5.91 Å². The lowest BCUT2D eigenvalue weighted by atomic mass is 10.0. The van der Waals surface area contributed by atoms with Crippen molar-refractivity contribution < 1.29 is 14.6 Å². The molecule has 39 heavy (non-hydrogen) atoms. The highest BCUT2D eigenvalue weighted by atomic mass is 16.5. The first kappa shape index (κ1) is 26.2. The second-order valence-electron chi connectivity index (χ2n) is 9.77. The normalized spacial score (nSPS) is 16.4. The summed E-state index contributed by atoms with van der Waals surface area (Å²) in [6.45, 7) is 2.59. The van der Waals surface area contributed by atoms with Gasteiger partial charge < -0.3 is 20.5 Å². The highest BCUT2D eigenvalue weighted by molar-refractivity contribution is 5.95. The van der Waals surface area contributed by atoms with Gasteiger partial charge in [0.1, 0.15) is 5.75 Å². The topological polar surface area (TPSA) is 83.0 Å². The van der Waals surface area contributed by atoms with Gasteiger partial charge in [-0.25, -0.2) is 0 Å². The van der Waals surface area contributed by atoms with Crippen LogP contribution < -0.4 is 15.4 Å². The molecule has 1 aliphatic rings. The summed E-state index contributed by atoms with van der Waals surface area (Å²) in [5.74, 6) is 1.44. The number of nitrogens with one attached hydrogen (secondary N) is 2. The summed E-state index contributed by atoms with van der Waals surface area (Å²) in [6, 6.07) is 31.1. The van der Waals surface area contributed by atoms with Crippen molar-refractivity contribution in [3.8, 4) is 16.9 Å². The number of hydrogen-bond donors (Lipinski definition) is 3. The van der Waals surface area contributed by atoms with E-state index in [-0.39, 0.29) is 5.91 Å². The Kier molecular flexibility index (Phi) is 8.04. The first-order valence-electron chi connectivity index (χ1n) is 13.2. The summed E-state index contributed by atoms with van der Waals surface area (Å²) < 4.78 is 5.29. The van der Waals surface area contributed by atoms with Crippen LogP contribution in [0.1, 0.15) is 40.0 Å². The quantitative estimate of drug-likeness (QED) is 0.202. The minimum atomic E-state index is -0.680. The maximum Gasteiger partial charge on any atom is 0.251 e. The van der Waals surface area contributed by atoms with Crippen molar-refractivity contribution in [3.63, 3.8) is 0 Å². The molecule has 1 amide bonds. The molecule has 0 unspecified atom stereocenters. The largest absolute Gasteiger partial charge is 0.497 e. The van der Waals surface area contributed by atoms with E-state index in [1.165, 1.54) is 5.56 Å². The molecule has 198 valence electrons. The molecule has 0 spiro atoms. The van der Waals surface area contributed by atoms with Gasteiger partial charge in [-0.3, -0.25) is 9.79 Å². The zero-order valence-corrected chi connectivity index (χ0v) is 22.2. The fourth-order valence-corrected chi connectivity index (χ4v) is 4.97. The highest BCUT2D eigenvalue weighted by Gasteiger charge is 2.32. The van der Waals surface area contributed by atoms with E-state index in [9.17, 15) is 9.90 Å². The van der Waals surface area contributed by atoms with Gasteiger partial charge >= 0.3 is 0 Å². The number of nitrogens with zero attached hydrogens (tertiary/aromatic N) is 1. The summed E-state index contributed by atoms with van der Waals surface area (Å²) in [5.41, 5.74) is 6.71. The smallest absolute Gasteiger partial charge is 0.251 e. The van der Waals surface area contributed by atoms with Crippen molar-refractivity contribution in [2.45, 2.75) is 31.9 Å². The van der Waals surface area contributed by atoms with Crippen LogP contribution in [-0.2, 0) is 12.8 Å². The van der Waals surface area contributed by atoms with E-state index in [0.717, 1.165) is 45.9 Å². The van der Waals surface area contributed by atoms with Crippen molar-refractivity contribution in [3.05, 3.63) is 119 Å². The predicted molar refractivity (Wildman–Crippen MR) is 157 cm³/mol. The van der Waals surface area contributed by atoms with E-state index in [2.05, 4.69) is 21.7 Å². The molecule has 0 aromatic heterocycles. The third kappa shape index (κ3) is 6.36. The number of ether oxygens (including phenoxy) is 1. The lowest BCUT2D eigenvalue weighted by Crippen LogP contribution is -2.33. The lowest BCUT2D eigenvalue weighted by Gasteiger charge is -2.19. The van der Waals surface area contributed by atoms with Crippen LogP contribution >= 0.6 is 0 Å². The Morgan fingerprint density at radius 2 is 1.72 bits per heavy atom. The first-order valence-corrected chi connectivity index (χ1v) is 13.2. The van der Waals surface area contributed by atoms with Crippen LogP contribution in [0.4, 0.5) is 5.69 Å². The van der Waals surface area contributed by atoms with E-state index in [1.807, 2.05) is 97.9 Å². The van der Waals surface area contributed by atoms with E-state index < -0.39 is 12.1 Å². The zero-order valence-electron chi connectivity index (χ0n) is 22.2. The number of aliphatic hydroxyl groups is 1. The minimum absolute atomic E-state index is 0.208. The number of aliphatic hydroxyl groups excluding tert-OH is 1. The average Bonchev–Trinajstić information content (AvgIpc) is 3.27. The van der Waals surface area contributed by atoms with Crippen LogP contribution in [-0.4, -0.2) is 36.6 Å². The van der Waals surface area contributed by atoms with Gasteiger partial charge in [-0.15, -0.1) is 0 Å². The molecule has 0 saturated heterocycles. The number of anilines is 1. The Labute approximate surface area is 229 Å². The summed E-state index contributed by atoms with van der Waals surface area (Å²) >= 11 is 0. The van der Waals surface area contributed by atoms with Crippen LogP contribution in [0.5, 0.6) is 5.75 Å².